The average Bonchev–Trinajstić information content (AvgIpc) is 3.08. The van der Waals surface area contributed by atoms with E-state index in [1.54, 1.807) is 0 Å². The first-order valence-corrected chi connectivity index (χ1v) is 8.42. The number of nitrogens with two attached hydrogens (primary N) is 1. The first-order valence-electron chi connectivity index (χ1n) is 8.42. The van der Waals surface area contributed by atoms with Crippen molar-refractivity contribution in [1.29, 1.82) is 0 Å². The molecule has 0 aromatic heterocycles. The Bertz CT molecular complexity index is 519. The van der Waals surface area contributed by atoms with Crippen LogP contribution in [0.4, 0.5) is 0 Å². The maximum Gasteiger partial charge on any atom is 0.0888 e. The van der Waals surface area contributed by atoms with Crippen LogP contribution in [0.5, 0.6) is 0 Å². The van der Waals surface area contributed by atoms with E-state index in [9.17, 15) is 5.11 Å². The zero-order chi connectivity index (χ0) is 14.5. The molecule has 0 spiro atoms. The Hall–Kier alpha value is -0.900. The monoisotopic (exact) mass is 286 g/mol. The second kappa shape index (κ2) is 4.80. The quantitative estimate of drug-likeness (QED) is 0.870. The maximum absolute atomic E-state index is 11.7. The molecular formula is C18H26N2O. The standard InChI is InChI=1S/C18H26N2O/c19-13-17(11-14-5-1-2-6-15(14)12-17)18(21)8-10-20-9-4-3-7-16(18)20/h1-2,5-6,16,21H,3-4,7-13,19H2. The van der Waals surface area contributed by atoms with Gasteiger partial charge in [-0.3, -0.25) is 4.90 Å². The first-order chi connectivity index (χ1) is 10.2. The molecule has 114 valence electrons. The van der Waals surface area contributed by atoms with Gasteiger partial charge in [-0.2, -0.15) is 0 Å². The third-order valence-corrected chi connectivity index (χ3v) is 6.43. The minimum atomic E-state index is -0.610. The van der Waals surface area contributed by atoms with E-state index in [1.165, 1.54) is 24.0 Å². The summed E-state index contributed by atoms with van der Waals surface area (Å²) < 4.78 is 0. The van der Waals surface area contributed by atoms with Gasteiger partial charge in [0, 0.05) is 24.5 Å². The summed E-state index contributed by atoms with van der Waals surface area (Å²) in [7, 11) is 0. The smallest absolute Gasteiger partial charge is 0.0888 e. The number of nitrogens with zero attached hydrogens (tertiary/aromatic N) is 1. The molecule has 3 heteroatoms. The van der Waals surface area contributed by atoms with Gasteiger partial charge in [0.15, 0.2) is 0 Å². The summed E-state index contributed by atoms with van der Waals surface area (Å²) in [5.74, 6) is 0. The van der Waals surface area contributed by atoms with Crippen LogP contribution in [0.25, 0.3) is 0 Å². The van der Waals surface area contributed by atoms with Crippen molar-refractivity contribution < 1.29 is 5.11 Å². The lowest BCUT2D eigenvalue weighted by atomic mass is 9.64. The molecule has 4 rings (SSSR count). The van der Waals surface area contributed by atoms with Crippen molar-refractivity contribution in [2.75, 3.05) is 19.6 Å². The van der Waals surface area contributed by atoms with Crippen molar-refractivity contribution in [2.45, 2.75) is 50.2 Å². The highest BCUT2D eigenvalue weighted by Crippen LogP contribution is 2.52. The van der Waals surface area contributed by atoms with Gasteiger partial charge in [-0.25, -0.2) is 0 Å². The molecule has 2 aliphatic heterocycles. The number of aliphatic hydroxyl groups is 1. The minimum Gasteiger partial charge on any atom is -0.388 e. The van der Waals surface area contributed by atoms with E-state index in [1.807, 2.05) is 0 Å². The zero-order valence-electron chi connectivity index (χ0n) is 12.7. The molecule has 2 unspecified atom stereocenters. The minimum absolute atomic E-state index is 0.159. The normalized spacial score (nSPS) is 34.7. The Morgan fingerprint density at radius 1 is 1.14 bits per heavy atom. The Balaban J connectivity index is 1.71. The molecule has 0 amide bonds. The number of benzene rings is 1. The fourth-order valence-electron chi connectivity index (χ4n) is 5.22. The summed E-state index contributed by atoms with van der Waals surface area (Å²) in [6.45, 7) is 2.78. The second-order valence-electron chi connectivity index (χ2n) is 7.33. The summed E-state index contributed by atoms with van der Waals surface area (Å²) in [4.78, 5) is 2.52. The highest BCUT2D eigenvalue weighted by molar-refractivity contribution is 5.37. The van der Waals surface area contributed by atoms with Crippen molar-refractivity contribution in [1.82, 2.24) is 4.90 Å². The van der Waals surface area contributed by atoms with Crippen LogP contribution in [0.15, 0.2) is 24.3 Å². The Morgan fingerprint density at radius 2 is 1.86 bits per heavy atom. The molecule has 2 atom stereocenters. The molecule has 0 radical (unpaired) electrons. The summed E-state index contributed by atoms with van der Waals surface area (Å²) in [6, 6.07) is 8.96. The molecular weight excluding hydrogens is 260 g/mol. The maximum atomic E-state index is 11.7. The summed E-state index contributed by atoms with van der Waals surface area (Å²) in [5, 5.41) is 11.7. The third kappa shape index (κ3) is 1.84. The molecule has 3 nitrogen and oxygen atoms in total. The summed E-state index contributed by atoms with van der Waals surface area (Å²) in [6.07, 6.45) is 6.44. The van der Waals surface area contributed by atoms with Crippen LogP contribution >= 0.6 is 0 Å². The van der Waals surface area contributed by atoms with E-state index in [2.05, 4.69) is 29.2 Å². The summed E-state index contributed by atoms with van der Waals surface area (Å²) in [5.41, 5.74) is 8.28. The molecule has 0 saturated carbocycles. The molecule has 1 aromatic rings. The molecule has 2 saturated heterocycles. The van der Waals surface area contributed by atoms with Gasteiger partial charge in [0.1, 0.15) is 0 Å². The second-order valence-corrected chi connectivity index (χ2v) is 7.33. The lowest BCUT2D eigenvalue weighted by Gasteiger charge is -2.48. The van der Waals surface area contributed by atoms with E-state index in [0.29, 0.717) is 12.6 Å². The largest absolute Gasteiger partial charge is 0.388 e. The molecule has 21 heavy (non-hydrogen) atoms. The number of hydrogen-bond donors (Lipinski definition) is 2. The molecule has 1 aliphatic carbocycles. The Labute approximate surface area is 127 Å². The SMILES string of the molecule is NCC1(C2(O)CCN3CCCCC32)Cc2ccccc2C1. The first kappa shape index (κ1) is 13.7. The molecule has 2 fully saturated rings. The number of fused-ring (bicyclic) bond motifs is 2. The van der Waals surface area contributed by atoms with E-state index in [-0.39, 0.29) is 5.41 Å². The zero-order valence-corrected chi connectivity index (χ0v) is 12.7. The fourth-order valence-corrected chi connectivity index (χ4v) is 5.22. The van der Waals surface area contributed by atoms with Gasteiger partial charge >= 0.3 is 0 Å². The van der Waals surface area contributed by atoms with Crippen molar-refractivity contribution in [3.63, 3.8) is 0 Å². The predicted octanol–water partition coefficient (Wildman–Crippen LogP) is 1.72. The van der Waals surface area contributed by atoms with Crippen LogP contribution in [-0.4, -0.2) is 41.3 Å². The van der Waals surface area contributed by atoms with Gasteiger partial charge in [0.05, 0.1) is 5.60 Å². The highest BCUT2D eigenvalue weighted by Gasteiger charge is 2.60. The number of rotatable bonds is 2. The van der Waals surface area contributed by atoms with Crippen molar-refractivity contribution in [3.05, 3.63) is 35.4 Å². The number of piperidine rings is 1. The molecule has 0 bridgehead atoms. The van der Waals surface area contributed by atoms with Crippen molar-refractivity contribution >= 4 is 0 Å². The van der Waals surface area contributed by atoms with Gasteiger partial charge in [-0.1, -0.05) is 30.7 Å². The predicted molar refractivity (Wildman–Crippen MR) is 84.1 cm³/mol. The topological polar surface area (TPSA) is 49.5 Å². The average molecular weight is 286 g/mol. The molecule has 3 N–H and O–H groups in total. The summed E-state index contributed by atoms with van der Waals surface area (Å²) >= 11 is 0. The van der Waals surface area contributed by atoms with Crippen LogP contribution < -0.4 is 5.73 Å². The van der Waals surface area contributed by atoms with Crippen LogP contribution in [0.1, 0.15) is 36.8 Å². The van der Waals surface area contributed by atoms with Crippen molar-refractivity contribution in [3.8, 4) is 0 Å². The van der Waals surface area contributed by atoms with E-state index < -0.39 is 5.60 Å². The van der Waals surface area contributed by atoms with Crippen molar-refractivity contribution in [2.24, 2.45) is 11.1 Å². The van der Waals surface area contributed by atoms with Crippen LogP contribution in [0.2, 0.25) is 0 Å². The van der Waals surface area contributed by atoms with Gasteiger partial charge in [0.25, 0.3) is 0 Å². The fraction of sp³-hybridized carbons (Fsp3) is 0.667. The number of hydrogen-bond acceptors (Lipinski definition) is 3. The van der Waals surface area contributed by atoms with Crippen LogP contribution in [0.3, 0.4) is 0 Å². The van der Waals surface area contributed by atoms with E-state index in [4.69, 9.17) is 5.73 Å². The highest BCUT2D eigenvalue weighted by atomic mass is 16.3. The van der Waals surface area contributed by atoms with Crippen LogP contribution in [0, 0.1) is 5.41 Å². The lowest BCUT2D eigenvalue weighted by Crippen LogP contribution is -2.60. The molecule has 1 aromatic carbocycles. The molecule has 2 heterocycles. The van der Waals surface area contributed by atoms with E-state index >= 15 is 0 Å². The van der Waals surface area contributed by atoms with Gasteiger partial charge < -0.3 is 10.8 Å². The van der Waals surface area contributed by atoms with E-state index in [0.717, 1.165) is 38.8 Å². The third-order valence-electron chi connectivity index (χ3n) is 6.43. The van der Waals surface area contributed by atoms with Gasteiger partial charge in [-0.05, 0) is 49.8 Å². The van der Waals surface area contributed by atoms with Gasteiger partial charge in [0.2, 0.25) is 0 Å². The molecule has 3 aliphatic rings. The Morgan fingerprint density at radius 3 is 2.52 bits per heavy atom. The lowest BCUT2D eigenvalue weighted by molar-refractivity contribution is -0.105. The van der Waals surface area contributed by atoms with Crippen LogP contribution in [-0.2, 0) is 12.8 Å². The van der Waals surface area contributed by atoms with Gasteiger partial charge in [-0.15, -0.1) is 0 Å². The Kier molecular flexibility index (Phi) is 3.14.